The third-order valence-electron chi connectivity index (χ3n) is 4.96. The largest absolute Gasteiger partial charge is 0.338 e. The van der Waals surface area contributed by atoms with Gasteiger partial charge in [-0.2, -0.15) is 4.98 Å². The third kappa shape index (κ3) is 3.38. The minimum absolute atomic E-state index is 0.00648. The van der Waals surface area contributed by atoms with E-state index in [1.165, 1.54) is 0 Å². The summed E-state index contributed by atoms with van der Waals surface area (Å²) in [5.41, 5.74) is 2.89. The molecular weight excluding hydrogens is 366 g/mol. The lowest BCUT2D eigenvalue weighted by Gasteiger charge is -2.37. The average molecular weight is 383 g/mol. The summed E-state index contributed by atoms with van der Waals surface area (Å²) < 4.78 is 5.34. The Morgan fingerprint density at radius 1 is 0.862 bits per heavy atom. The van der Waals surface area contributed by atoms with Crippen LogP contribution in [0.4, 0.5) is 0 Å². The molecule has 7 nitrogen and oxygen atoms in total. The zero-order chi connectivity index (χ0) is 19.6. The van der Waals surface area contributed by atoms with Gasteiger partial charge in [0.1, 0.15) is 0 Å². The monoisotopic (exact) mass is 383 g/mol. The predicted molar refractivity (Wildman–Crippen MR) is 106 cm³/mol. The molecule has 142 valence electrons. The van der Waals surface area contributed by atoms with Crippen molar-refractivity contribution in [2.75, 3.05) is 13.1 Å². The second-order valence-electron chi connectivity index (χ2n) is 6.88. The van der Waals surface area contributed by atoms with Crippen molar-refractivity contribution in [2.24, 2.45) is 0 Å². The number of hydrogen-bond donors (Lipinski definition) is 0. The summed E-state index contributed by atoms with van der Waals surface area (Å²) in [6, 6.07) is 19.5. The van der Waals surface area contributed by atoms with E-state index in [4.69, 9.17) is 4.52 Å². The highest BCUT2D eigenvalue weighted by Crippen LogP contribution is 2.29. The van der Waals surface area contributed by atoms with E-state index >= 15 is 0 Å². The predicted octanol–water partition coefficient (Wildman–Crippen LogP) is 3.43. The summed E-state index contributed by atoms with van der Waals surface area (Å²) in [5.74, 6) is 1.34. The molecule has 0 aliphatic carbocycles. The maximum absolute atomic E-state index is 12.7. The fourth-order valence-corrected chi connectivity index (χ4v) is 3.33. The molecule has 5 rings (SSSR count). The molecule has 1 aliphatic rings. The van der Waals surface area contributed by atoms with Crippen molar-refractivity contribution in [1.29, 1.82) is 0 Å². The van der Waals surface area contributed by atoms with Gasteiger partial charge in [-0.3, -0.25) is 4.79 Å². The molecule has 0 N–H and O–H groups in total. The molecule has 1 aliphatic heterocycles. The number of aromatic nitrogens is 4. The summed E-state index contributed by atoms with van der Waals surface area (Å²) in [7, 11) is 0. The Kier molecular flexibility index (Phi) is 4.32. The van der Waals surface area contributed by atoms with Gasteiger partial charge in [-0.1, -0.05) is 47.6 Å². The van der Waals surface area contributed by atoms with E-state index in [1.54, 1.807) is 23.4 Å². The van der Waals surface area contributed by atoms with E-state index in [-0.39, 0.29) is 11.8 Å². The van der Waals surface area contributed by atoms with E-state index in [0.717, 1.165) is 11.1 Å². The van der Waals surface area contributed by atoms with Crippen molar-refractivity contribution in [1.82, 2.24) is 25.0 Å². The van der Waals surface area contributed by atoms with Crippen LogP contribution in [0.25, 0.3) is 22.8 Å². The molecule has 1 fully saturated rings. The maximum Gasteiger partial charge on any atom is 0.253 e. The van der Waals surface area contributed by atoms with Gasteiger partial charge in [0, 0.05) is 31.0 Å². The highest BCUT2D eigenvalue weighted by atomic mass is 16.5. The number of benzene rings is 2. The molecule has 2 aromatic heterocycles. The van der Waals surface area contributed by atoms with Gasteiger partial charge in [0.05, 0.1) is 5.92 Å². The second-order valence-corrected chi connectivity index (χ2v) is 6.88. The van der Waals surface area contributed by atoms with Crippen molar-refractivity contribution >= 4 is 5.91 Å². The summed E-state index contributed by atoms with van der Waals surface area (Å²) in [6.45, 7) is 1.10. The molecule has 4 aromatic rings. The van der Waals surface area contributed by atoms with E-state index < -0.39 is 0 Å². The molecule has 0 spiro atoms. The van der Waals surface area contributed by atoms with E-state index in [2.05, 4.69) is 32.2 Å². The molecular formula is C22H17N5O2. The lowest BCUT2D eigenvalue weighted by molar-refractivity contribution is 0.0569. The minimum atomic E-state index is 0.00648. The minimum Gasteiger partial charge on any atom is -0.338 e. The van der Waals surface area contributed by atoms with Gasteiger partial charge in [-0.25, -0.2) is 9.97 Å². The van der Waals surface area contributed by atoms with Crippen LogP contribution in [0.3, 0.4) is 0 Å². The van der Waals surface area contributed by atoms with Gasteiger partial charge in [0.15, 0.2) is 0 Å². The Morgan fingerprint density at radius 2 is 1.55 bits per heavy atom. The van der Waals surface area contributed by atoms with E-state index in [0.29, 0.717) is 36.2 Å². The molecule has 7 heteroatoms. The molecule has 0 atom stereocenters. The smallest absolute Gasteiger partial charge is 0.253 e. The van der Waals surface area contributed by atoms with Crippen LogP contribution in [0.2, 0.25) is 0 Å². The fourth-order valence-electron chi connectivity index (χ4n) is 3.33. The highest BCUT2D eigenvalue weighted by Gasteiger charge is 2.36. The van der Waals surface area contributed by atoms with Crippen molar-refractivity contribution in [3.05, 3.63) is 84.5 Å². The van der Waals surface area contributed by atoms with Gasteiger partial charge in [-0.15, -0.1) is 0 Å². The second kappa shape index (κ2) is 7.27. The quantitative estimate of drug-likeness (QED) is 0.537. The molecule has 0 saturated carbocycles. The number of carbonyl (C=O) groups excluding carboxylic acids is 1. The SMILES string of the molecule is O=C(c1ccc(-c2ccccc2)cc1)N1CC(c2nc(-c3ncccn3)no2)C1. The first-order chi connectivity index (χ1) is 14.3. The van der Waals surface area contributed by atoms with Crippen molar-refractivity contribution in [2.45, 2.75) is 5.92 Å². The first kappa shape index (κ1) is 17.2. The highest BCUT2D eigenvalue weighted by molar-refractivity contribution is 5.95. The summed E-state index contributed by atoms with van der Waals surface area (Å²) in [5, 5.41) is 3.94. The van der Waals surface area contributed by atoms with Crippen LogP contribution in [0, 0.1) is 0 Å². The maximum atomic E-state index is 12.7. The standard InChI is InChI=1S/C22H17N5O2/c28-22(17-9-7-16(8-10-17)15-5-2-1-3-6-15)27-13-18(14-27)21-25-20(26-29-21)19-23-11-4-12-24-19/h1-12,18H,13-14H2. The Hall–Kier alpha value is -3.87. The van der Waals surface area contributed by atoms with Crippen molar-refractivity contribution < 1.29 is 9.32 Å². The summed E-state index contributed by atoms with van der Waals surface area (Å²) in [6.07, 6.45) is 3.26. The number of rotatable bonds is 4. The van der Waals surface area contributed by atoms with Crippen LogP contribution >= 0.6 is 0 Å². The zero-order valence-electron chi connectivity index (χ0n) is 15.5. The molecule has 0 radical (unpaired) electrons. The van der Waals surface area contributed by atoms with Crippen LogP contribution in [0.15, 0.2) is 77.6 Å². The molecule has 0 bridgehead atoms. The number of likely N-dealkylation sites (tertiary alicyclic amines) is 1. The number of hydrogen-bond acceptors (Lipinski definition) is 6. The Morgan fingerprint density at radius 3 is 2.28 bits per heavy atom. The third-order valence-corrected chi connectivity index (χ3v) is 4.96. The molecule has 2 aromatic carbocycles. The number of amides is 1. The van der Waals surface area contributed by atoms with Crippen molar-refractivity contribution in [3.8, 4) is 22.8 Å². The fraction of sp³-hybridized carbons (Fsp3) is 0.136. The lowest BCUT2D eigenvalue weighted by atomic mass is 9.98. The summed E-state index contributed by atoms with van der Waals surface area (Å²) >= 11 is 0. The molecule has 29 heavy (non-hydrogen) atoms. The Bertz CT molecular complexity index is 1120. The van der Waals surface area contributed by atoms with Crippen LogP contribution in [-0.4, -0.2) is 44.0 Å². The lowest BCUT2D eigenvalue weighted by Crippen LogP contribution is -2.48. The van der Waals surface area contributed by atoms with Gasteiger partial charge in [-0.05, 0) is 29.3 Å². The normalized spacial score (nSPS) is 13.9. The molecule has 3 heterocycles. The topological polar surface area (TPSA) is 85.0 Å². The van der Waals surface area contributed by atoms with Crippen LogP contribution in [-0.2, 0) is 0 Å². The Labute approximate surface area is 167 Å². The van der Waals surface area contributed by atoms with Gasteiger partial charge < -0.3 is 9.42 Å². The van der Waals surface area contributed by atoms with Gasteiger partial charge in [0.2, 0.25) is 17.5 Å². The first-order valence-electron chi connectivity index (χ1n) is 9.34. The van der Waals surface area contributed by atoms with Crippen molar-refractivity contribution in [3.63, 3.8) is 0 Å². The number of carbonyl (C=O) groups is 1. The van der Waals surface area contributed by atoms with Gasteiger partial charge in [0.25, 0.3) is 5.91 Å². The van der Waals surface area contributed by atoms with Crippen LogP contribution in [0.1, 0.15) is 22.2 Å². The zero-order valence-corrected chi connectivity index (χ0v) is 15.5. The average Bonchev–Trinajstić information content (AvgIpc) is 3.24. The first-order valence-corrected chi connectivity index (χ1v) is 9.34. The molecule has 0 unspecified atom stereocenters. The van der Waals surface area contributed by atoms with E-state index in [9.17, 15) is 4.79 Å². The molecule has 1 saturated heterocycles. The van der Waals surface area contributed by atoms with Gasteiger partial charge >= 0.3 is 0 Å². The van der Waals surface area contributed by atoms with Crippen LogP contribution < -0.4 is 0 Å². The van der Waals surface area contributed by atoms with Crippen LogP contribution in [0.5, 0.6) is 0 Å². The Balaban J connectivity index is 1.23. The number of nitrogens with zero attached hydrogens (tertiary/aromatic N) is 5. The molecule has 1 amide bonds. The van der Waals surface area contributed by atoms with E-state index in [1.807, 2.05) is 42.5 Å². The summed E-state index contributed by atoms with van der Waals surface area (Å²) in [4.78, 5) is 27.1.